The number of hydrogen-bond acceptors (Lipinski definition) is 6. The van der Waals surface area contributed by atoms with Crippen LogP contribution in [-0.2, 0) is 14.8 Å². The first-order valence-electron chi connectivity index (χ1n) is 10.2. The van der Waals surface area contributed by atoms with Gasteiger partial charge in [-0.3, -0.25) is 9.59 Å². The van der Waals surface area contributed by atoms with E-state index >= 15 is 0 Å². The number of morpholine rings is 1. The van der Waals surface area contributed by atoms with Crippen LogP contribution < -0.4 is 10.7 Å². The van der Waals surface area contributed by atoms with Crippen LogP contribution in [0.25, 0.3) is 11.0 Å². The molecule has 1 saturated heterocycles. The third-order valence-electron chi connectivity index (χ3n) is 5.24. The van der Waals surface area contributed by atoms with Crippen molar-refractivity contribution in [2.45, 2.75) is 37.9 Å². The SMILES string of the molecule is Cc1ccc2oc(C(=O)Nc3ccc(S(=O)(=O)N4C[C@H](C)O[C@@H](C)C4)cc3)cc(=O)c2c1. The zero-order valence-corrected chi connectivity index (χ0v) is 18.8. The first kappa shape index (κ1) is 22.2. The number of rotatable bonds is 4. The molecule has 1 aliphatic heterocycles. The third-order valence-corrected chi connectivity index (χ3v) is 7.09. The number of nitrogens with zero attached hydrogens (tertiary/aromatic N) is 1. The van der Waals surface area contributed by atoms with Crippen LogP contribution >= 0.6 is 0 Å². The Hall–Kier alpha value is -3.01. The molecule has 0 aliphatic carbocycles. The van der Waals surface area contributed by atoms with Crippen LogP contribution in [0.1, 0.15) is 30.0 Å². The molecule has 1 amide bonds. The molecule has 8 nitrogen and oxygen atoms in total. The molecule has 32 heavy (non-hydrogen) atoms. The highest BCUT2D eigenvalue weighted by Gasteiger charge is 2.32. The molecule has 4 rings (SSSR count). The summed E-state index contributed by atoms with van der Waals surface area (Å²) < 4.78 is 38.5. The number of amides is 1. The van der Waals surface area contributed by atoms with Crippen molar-refractivity contribution in [2.24, 2.45) is 0 Å². The van der Waals surface area contributed by atoms with Crippen LogP contribution in [0.4, 0.5) is 5.69 Å². The Morgan fingerprint density at radius 2 is 1.69 bits per heavy atom. The van der Waals surface area contributed by atoms with E-state index in [1.54, 1.807) is 18.2 Å². The molecule has 1 aromatic heterocycles. The van der Waals surface area contributed by atoms with E-state index in [0.717, 1.165) is 11.6 Å². The zero-order valence-electron chi connectivity index (χ0n) is 18.0. The molecular weight excluding hydrogens is 432 g/mol. The van der Waals surface area contributed by atoms with Crippen molar-refractivity contribution >= 4 is 32.6 Å². The lowest BCUT2D eigenvalue weighted by Gasteiger charge is -2.34. The van der Waals surface area contributed by atoms with Crippen LogP contribution in [0.15, 0.2) is 62.6 Å². The summed E-state index contributed by atoms with van der Waals surface area (Å²) in [6.45, 7) is 6.10. The van der Waals surface area contributed by atoms with Crippen molar-refractivity contribution < 1.29 is 22.4 Å². The smallest absolute Gasteiger partial charge is 0.291 e. The summed E-state index contributed by atoms with van der Waals surface area (Å²) in [5, 5.41) is 3.04. The number of sulfonamides is 1. The number of anilines is 1. The first-order valence-corrected chi connectivity index (χ1v) is 11.7. The van der Waals surface area contributed by atoms with Crippen molar-refractivity contribution in [1.29, 1.82) is 0 Å². The average Bonchev–Trinajstić information content (AvgIpc) is 2.74. The normalized spacial score (nSPS) is 19.7. The van der Waals surface area contributed by atoms with Gasteiger partial charge in [0.25, 0.3) is 5.91 Å². The third kappa shape index (κ3) is 4.45. The molecule has 0 radical (unpaired) electrons. The summed E-state index contributed by atoms with van der Waals surface area (Å²) in [6.07, 6.45) is -0.375. The molecule has 3 aromatic rings. The van der Waals surface area contributed by atoms with Gasteiger partial charge in [0.05, 0.1) is 22.5 Å². The van der Waals surface area contributed by atoms with Gasteiger partial charge in [-0.1, -0.05) is 11.6 Å². The molecule has 0 saturated carbocycles. The Morgan fingerprint density at radius 3 is 2.34 bits per heavy atom. The van der Waals surface area contributed by atoms with Crippen molar-refractivity contribution in [3.05, 3.63) is 70.1 Å². The maximum Gasteiger partial charge on any atom is 0.291 e. The number of carbonyl (C=O) groups is 1. The predicted octanol–water partition coefficient (Wildman–Crippen LogP) is 3.15. The van der Waals surface area contributed by atoms with Gasteiger partial charge in [0.15, 0.2) is 11.2 Å². The van der Waals surface area contributed by atoms with E-state index < -0.39 is 15.9 Å². The number of ether oxygens (including phenoxy) is 1. The highest BCUT2D eigenvalue weighted by Crippen LogP contribution is 2.23. The summed E-state index contributed by atoms with van der Waals surface area (Å²) in [5.41, 5.74) is 1.31. The molecule has 2 aromatic carbocycles. The van der Waals surface area contributed by atoms with Crippen molar-refractivity contribution in [3.63, 3.8) is 0 Å². The molecule has 1 fully saturated rings. The number of benzene rings is 2. The van der Waals surface area contributed by atoms with Gasteiger partial charge in [-0.2, -0.15) is 4.31 Å². The Kier molecular flexibility index (Phi) is 5.89. The summed E-state index contributed by atoms with van der Waals surface area (Å²) in [4.78, 5) is 25.1. The monoisotopic (exact) mass is 456 g/mol. The fourth-order valence-electron chi connectivity index (χ4n) is 3.76. The maximum atomic E-state index is 13.0. The van der Waals surface area contributed by atoms with Gasteiger partial charge in [0.2, 0.25) is 10.0 Å². The number of nitrogens with one attached hydrogen (secondary N) is 1. The lowest BCUT2D eigenvalue weighted by molar-refractivity contribution is -0.0440. The van der Waals surface area contributed by atoms with Crippen LogP contribution in [0.5, 0.6) is 0 Å². The molecule has 1 N–H and O–H groups in total. The van der Waals surface area contributed by atoms with Gasteiger partial charge in [-0.25, -0.2) is 8.42 Å². The molecule has 2 heterocycles. The second-order valence-electron chi connectivity index (χ2n) is 8.03. The molecule has 0 bridgehead atoms. The quantitative estimate of drug-likeness (QED) is 0.647. The summed E-state index contributed by atoms with van der Waals surface area (Å²) >= 11 is 0. The van der Waals surface area contributed by atoms with Gasteiger partial charge < -0.3 is 14.5 Å². The molecule has 2 atom stereocenters. The van der Waals surface area contributed by atoms with Crippen LogP contribution in [0.3, 0.4) is 0 Å². The Morgan fingerprint density at radius 1 is 1.03 bits per heavy atom. The highest BCUT2D eigenvalue weighted by atomic mass is 32.2. The van der Waals surface area contributed by atoms with Crippen LogP contribution in [0.2, 0.25) is 0 Å². The van der Waals surface area contributed by atoms with Gasteiger partial charge in [0, 0.05) is 24.8 Å². The average molecular weight is 457 g/mol. The summed E-state index contributed by atoms with van der Waals surface area (Å²) in [5.74, 6) is -0.727. The zero-order chi connectivity index (χ0) is 23.0. The first-order chi connectivity index (χ1) is 15.1. The Balaban J connectivity index is 1.52. The summed E-state index contributed by atoms with van der Waals surface area (Å²) in [7, 11) is -3.68. The minimum absolute atomic E-state index is 0.126. The number of fused-ring (bicyclic) bond motifs is 1. The Labute approximate surface area is 185 Å². The topological polar surface area (TPSA) is 106 Å². The van der Waals surface area contributed by atoms with Crippen molar-refractivity contribution in [3.8, 4) is 0 Å². The van der Waals surface area contributed by atoms with Crippen molar-refractivity contribution in [2.75, 3.05) is 18.4 Å². The molecule has 0 spiro atoms. The second kappa shape index (κ2) is 8.50. The van der Waals surface area contributed by atoms with E-state index in [4.69, 9.17) is 9.15 Å². The molecule has 1 aliphatic rings. The van der Waals surface area contributed by atoms with Gasteiger partial charge in [-0.15, -0.1) is 0 Å². The highest BCUT2D eigenvalue weighted by molar-refractivity contribution is 7.89. The molecule has 9 heteroatoms. The molecule has 168 valence electrons. The van der Waals surface area contributed by atoms with Crippen LogP contribution in [0, 0.1) is 6.92 Å². The van der Waals surface area contributed by atoms with E-state index in [1.807, 2.05) is 20.8 Å². The minimum Gasteiger partial charge on any atom is -0.451 e. The minimum atomic E-state index is -3.68. The lowest BCUT2D eigenvalue weighted by Crippen LogP contribution is -2.48. The predicted molar refractivity (Wildman–Crippen MR) is 120 cm³/mol. The van der Waals surface area contributed by atoms with Gasteiger partial charge in [-0.05, 0) is 57.2 Å². The van der Waals surface area contributed by atoms with E-state index in [1.165, 1.54) is 28.6 Å². The fourth-order valence-corrected chi connectivity index (χ4v) is 5.35. The number of carbonyl (C=O) groups excluding carboxylic acids is 1. The second-order valence-corrected chi connectivity index (χ2v) is 9.97. The number of aryl methyl sites for hydroxylation is 1. The Bertz CT molecular complexity index is 1320. The molecular formula is C23H24N2O6S. The van der Waals surface area contributed by atoms with E-state index in [2.05, 4.69) is 5.32 Å². The van der Waals surface area contributed by atoms with Gasteiger partial charge >= 0.3 is 0 Å². The fraction of sp³-hybridized carbons (Fsp3) is 0.304. The lowest BCUT2D eigenvalue weighted by atomic mass is 10.1. The standard InChI is InChI=1S/C23H24N2O6S/c1-14-4-9-21-19(10-14)20(26)11-22(31-21)23(27)24-17-5-7-18(8-6-17)32(28,29)25-12-15(2)30-16(3)13-25/h4-11,15-16H,12-13H2,1-3H3,(H,24,27)/t15-,16-/m0/s1. The maximum absolute atomic E-state index is 13.0. The van der Waals surface area contributed by atoms with E-state index in [-0.39, 0.29) is 41.4 Å². The van der Waals surface area contributed by atoms with E-state index in [9.17, 15) is 18.0 Å². The van der Waals surface area contributed by atoms with Crippen molar-refractivity contribution in [1.82, 2.24) is 4.31 Å². The largest absolute Gasteiger partial charge is 0.451 e. The summed E-state index contributed by atoms with van der Waals surface area (Å²) in [6, 6.07) is 12.2. The van der Waals surface area contributed by atoms with E-state index in [0.29, 0.717) is 16.7 Å². The number of hydrogen-bond donors (Lipinski definition) is 1. The van der Waals surface area contributed by atoms with Gasteiger partial charge in [0.1, 0.15) is 5.58 Å². The molecule has 0 unspecified atom stereocenters. The van der Waals surface area contributed by atoms with Crippen LogP contribution in [-0.4, -0.2) is 43.9 Å².